The first-order valence-electron chi connectivity index (χ1n) is 4.47. The molecule has 3 N–H and O–H groups in total. The number of sulfonamides is 1. The van der Waals surface area contributed by atoms with Gasteiger partial charge in [-0.25, -0.2) is 13.4 Å². The van der Waals surface area contributed by atoms with Crippen LogP contribution in [0.3, 0.4) is 0 Å². The summed E-state index contributed by atoms with van der Waals surface area (Å²) in [5.74, 6) is 0. The normalized spacial score (nSPS) is 11.4. The zero-order valence-electron chi connectivity index (χ0n) is 8.42. The molecule has 0 radical (unpaired) electrons. The lowest BCUT2D eigenvalue weighted by atomic mass is 10.3. The summed E-state index contributed by atoms with van der Waals surface area (Å²) in [6, 6.07) is 5.88. The minimum absolute atomic E-state index is 0.123. The monoisotopic (exact) mass is 289 g/mol. The van der Waals surface area contributed by atoms with Gasteiger partial charge in [0.1, 0.15) is 5.15 Å². The fraction of sp³-hybridized carbons (Fsp3) is 0. The predicted octanol–water partition coefficient (Wildman–Crippen LogP) is 2.18. The molecule has 2 aromatic rings. The lowest BCUT2D eigenvalue weighted by Crippen LogP contribution is -2.12. The van der Waals surface area contributed by atoms with Crippen molar-refractivity contribution in [2.75, 3.05) is 10.5 Å². The molecule has 0 amide bonds. The molecule has 1 aromatic carbocycles. The van der Waals surface area contributed by atoms with Gasteiger partial charge in [-0.2, -0.15) is 0 Å². The van der Waals surface area contributed by atoms with Gasteiger partial charge in [0, 0.05) is 11.1 Å². The van der Waals surface area contributed by atoms with Gasteiger partial charge in [-0.15, -0.1) is 11.3 Å². The Morgan fingerprint density at radius 2 is 1.94 bits per heavy atom. The number of nitrogens with one attached hydrogen (secondary N) is 1. The van der Waals surface area contributed by atoms with E-state index in [1.807, 2.05) is 0 Å². The van der Waals surface area contributed by atoms with Gasteiger partial charge in [-0.3, -0.25) is 4.72 Å². The molecule has 0 aliphatic rings. The maximum atomic E-state index is 11.9. The van der Waals surface area contributed by atoms with Crippen molar-refractivity contribution in [3.8, 4) is 0 Å². The van der Waals surface area contributed by atoms with E-state index in [4.69, 9.17) is 17.3 Å². The van der Waals surface area contributed by atoms with E-state index >= 15 is 0 Å². The van der Waals surface area contributed by atoms with E-state index in [-0.39, 0.29) is 15.2 Å². The molecule has 90 valence electrons. The first-order valence-corrected chi connectivity index (χ1v) is 7.21. The Labute approximate surface area is 107 Å². The van der Waals surface area contributed by atoms with Gasteiger partial charge in [0.2, 0.25) is 0 Å². The van der Waals surface area contributed by atoms with E-state index in [0.717, 1.165) is 11.3 Å². The number of halogens is 1. The van der Waals surface area contributed by atoms with Gasteiger partial charge in [0.15, 0.2) is 5.13 Å². The number of aromatic nitrogens is 1. The number of anilines is 2. The lowest BCUT2D eigenvalue weighted by Gasteiger charge is -2.04. The van der Waals surface area contributed by atoms with Crippen molar-refractivity contribution in [2.24, 2.45) is 0 Å². The molecule has 2 rings (SSSR count). The Hall–Kier alpha value is -1.31. The average Bonchev–Trinajstić information content (AvgIpc) is 2.63. The molecule has 0 spiro atoms. The van der Waals surface area contributed by atoms with E-state index in [1.165, 1.54) is 24.3 Å². The second-order valence-corrected chi connectivity index (χ2v) is 6.08. The highest BCUT2D eigenvalue weighted by atomic mass is 35.5. The fourth-order valence-electron chi connectivity index (χ4n) is 1.12. The lowest BCUT2D eigenvalue weighted by molar-refractivity contribution is 0.601. The Morgan fingerprint density at radius 1 is 1.29 bits per heavy atom. The van der Waals surface area contributed by atoms with Gasteiger partial charge >= 0.3 is 0 Å². The molecule has 0 unspecified atom stereocenters. The Bertz CT molecular complexity index is 622. The number of nitrogens with two attached hydrogens (primary N) is 1. The van der Waals surface area contributed by atoms with Crippen molar-refractivity contribution < 1.29 is 8.42 Å². The van der Waals surface area contributed by atoms with E-state index in [2.05, 4.69) is 9.71 Å². The van der Waals surface area contributed by atoms with Gasteiger partial charge < -0.3 is 5.73 Å². The van der Waals surface area contributed by atoms with Crippen LogP contribution in [-0.2, 0) is 10.0 Å². The SMILES string of the molecule is Nc1ccc(S(=O)(=O)Nc2nc(Cl)cs2)cc1. The summed E-state index contributed by atoms with van der Waals surface area (Å²) >= 11 is 6.72. The van der Waals surface area contributed by atoms with Crippen LogP contribution in [0.4, 0.5) is 10.8 Å². The van der Waals surface area contributed by atoms with E-state index in [9.17, 15) is 8.42 Å². The second kappa shape index (κ2) is 4.52. The molecule has 0 saturated carbocycles. The summed E-state index contributed by atoms with van der Waals surface area (Å²) in [5, 5.41) is 2.03. The largest absolute Gasteiger partial charge is 0.399 e. The third-order valence-electron chi connectivity index (χ3n) is 1.89. The topological polar surface area (TPSA) is 85.1 Å². The standard InChI is InChI=1S/C9H8ClN3O2S2/c10-8-5-16-9(12-8)13-17(14,15)7-3-1-6(11)2-4-7/h1-5H,11H2,(H,12,13). The first-order chi connectivity index (χ1) is 7.97. The minimum atomic E-state index is -3.63. The zero-order valence-corrected chi connectivity index (χ0v) is 10.8. The van der Waals surface area contributed by atoms with Crippen LogP contribution in [0.15, 0.2) is 34.5 Å². The smallest absolute Gasteiger partial charge is 0.263 e. The maximum absolute atomic E-state index is 11.9. The highest BCUT2D eigenvalue weighted by molar-refractivity contribution is 7.93. The Balaban J connectivity index is 2.28. The zero-order chi connectivity index (χ0) is 12.5. The summed E-state index contributed by atoms with van der Waals surface area (Å²) in [4.78, 5) is 3.93. The molecule has 0 aliphatic heterocycles. The molecule has 0 aliphatic carbocycles. The van der Waals surface area contributed by atoms with Crippen molar-refractivity contribution in [1.82, 2.24) is 4.98 Å². The van der Waals surface area contributed by atoms with Crippen LogP contribution in [-0.4, -0.2) is 13.4 Å². The molecule has 17 heavy (non-hydrogen) atoms. The Morgan fingerprint density at radius 3 is 2.47 bits per heavy atom. The molecule has 8 heteroatoms. The maximum Gasteiger partial charge on any atom is 0.263 e. The van der Waals surface area contributed by atoms with E-state index in [0.29, 0.717) is 5.69 Å². The summed E-state index contributed by atoms with van der Waals surface area (Å²) in [6.45, 7) is 0. The molecular weight excluding hydrogens is 282 g/mol. The van der Waals surface area contributed by atoms with Gasteiger partial charge in [-0.05, 0) is 24.3 Å². The minimum Gasteiger partial charge on any atom is -0.399 e. The molecule has 0 atom stereocenters. The van der Waals surface area contributed by atoms with Gasteiger partial charge in [-0.1, -0.05) is 11.6 Å². The second-order valence-electron chi connectivity index (χ2n) is 3.15. The van der Waals surface area contributed by atoms with Crippen molar-refractivity contribution in [2.45, 2.75) is 4.90 Å². The van der Waals surface area contributed by atoms with Crippen LogP contribution < -0.4 is 10.5 Å². The quantitative estimate of drug-likeness (QED) is 0.848. The fourth-order valence-corrected chi connectivity index (χ4v) is 3.21. The van der Waals surface area contributed by atoms with Crippen molar-refractivity contribution in [3.63, 3.8) is 0 Å². The average molecular weight is 290 g/mol. The third kappa shape index (κ3) is 2.87. The van der Waals surface area contributed by atoms with Crippen molar-refractivity contribution >= 4 is 43.8 Å². The molecule has 0 fully saturated rings. The number of nitrogen functional groups attached to an aromatic ring is 1. The Kier molecular flexibility index (Phi) is 3.23. The van der Waals surface area contributed by atoms with Crippen LogP contribution in [0.1, 0.15) is 0 Å². The van der Waals surface area contributed by atoms with E-state index in [1.54, 1.807) is 5.38 Å². The summed E-state index contributed by atoms with van der Waals surface area (Å²) in [6.07, 6.45) is 0. The molecule has 0 bridgehead atoms. The third-order valence-corrected chi connectivity index (χ3v) is 4.45. The van der Waals surface area contributed by atoms with Gasteiger partial charge in [0.25, 0.3) is 10.0 Å². The van der Waals surface area contributed by atoms with Crippen LogP contribution in [0.5, 0.6) is 0 Å². The number of benzene rings is 1. The molecular formula is C9H8ClN3O2S2. The van der Waals surface area contributed by atoms with E-state index < -0.39 is 10.0 Å². The molecule has 1 aromatic heterocycles. The van der Waals surface area contributed by atoms with Crippen LogP contribution >= 0.6 is 22.9 Å². The van der Waals surface area contributed by atoms with Crippen LogP contribution in [0.25, 0.3) is 0 Å². The first kappa shape index (κ1) is 12.2. The molecule has 1 heterocycles. The highest BCUT2D eigenvalue weighted by Crippen LogP contribution is 2.22. The summed E-state index contributed by atoms with van der Waals surface area (Å²) in [7, 11) is -3.63. The number of nitrogens with zero attached hydrogens (tertiary/aromatic N) is 1. The van der Waals surface area contributed by atoms with Gasteiger partial charge in [0.05, 0.1) is 4.90 Å². The number of thiazole rings is 1. The van der Waals surface area contributed by atoms with Crippen LogP contribution in [0, 0.1) is 0 Å². The van der Waals surface area contributed by atoms with Crippen molar-refractivity contribution in [1.29, 1.82) is 0 Å². The summed E-state index contributed by atoms with van der Waals surface area (Å²) < 4.78 is 26.1. The van der Waals surface area contributed by atoms with Crippen molar-refractivity contribution in [3.05, 3.63) is 34.8 Å². The summed E-state index contributed by atoms with van der Waals surface area (Å²) in [5.41, 5.74) is 5.98. The molecule has 5 nitrogen and oxygen atoms in total. The number of hydrogen-bond donors (Lipinski definition) is 2. The predicted molar refractivity (Wildman–Crippen MR) is 68.8 cm³/mol. The number of rotatable bonds is 3. The number of hydrogen-bond acceptors (Lipinski definition) is 5. The highest BCUT2D eigenvalue weighted by Gasteiger charge is 2.15. The van der Waals surface area contributed by atoms with Crippen LogP contribution in [0.2, 0.25) is 5.15 Å². The molecule has 0 saturated heterocycles.